The highest BCUT2D eigenvalue weighted by Crippen LogP contribution is 2.27. The van der Waals surface area contributed by atoms with Gasteiger partial charge >= 0.3 is 0 Å². The molecule has 0 radical (unpaired) electrons. The Morgan fingerprint density at radius 2 is 1.91 bits per heavy atom. The summed E-state index contributed by atoms with van der Waals surface area (Å²) in [5.74, 6) is 1.19. The first kappa shape index (κ1) is 16.1. The Morgan fingerprint density at radius 1 is 1.26 bits per heavy atom. The van der Waals surface area contributed by atoms with Crippen molar-refractivity contribution in [3.8, 4) is 0 Å². The van der Waals surface area contributed by atoms with Gasteiger partial charge in [0.15, 0.2) is 0 Å². The molecule has 0 saturated carbocycles. The van der Waals surface area contributed by atoms with Crippen LogP contribution < -0.4 is 0 Å². The molecule has 0 spiro atoms. The minimum absolute atomic E-state index is 0.142. The van der Waals surface area contributed by atoms with E-state index in [1.807, 2.05) is 6.20 Å². The van der Waals surface area contributed by atoms with Gasteiger partial charge in [-0.25, -0.2) is 17.8 Å². The smallest absolute Gasteiger partial charge is 0.243 e. The standard InChI is InChI=1S/C16H20FN3O2S/c1-12(2)16-18-7-8-19(16)9-13-10-20(11-13)23(21,22)15-5-3-14(17)4-6-15/h3-8,12-13H,9-11H2,1-2H3. The van der Waals surface area contributed by atoms with Crippen LogP contribution in [0.3, 0.4) is 0 Å². The van der Waals surface area contributed by atoms with Gasteiger partial charge in [-0.05, 0) is 24.3 Å². The summed E-state index contributed by atoms with van der Waals surface area (Å²) < 4.78 is 41.3. The van der Waals surface area contributed by atoms with Crippen LogP contribution in [0.1, 0.15) is 25.6 Å². The van der Waals surface area contributed by atoms with Crippen LogP contribution in [0, 0.1) is 11.7 Å². The number of halogens is 1. The number of sulfonamides is 1. The number of hydrogen-bond acceptors (Lipinski definition) is 3. The molecule has 1 aromatic heterocycles. The highest BCUT2D eigenvalue weighted by atomic mass is 32.2. The van der Waals surface area contributed by atoms with Crippen molar-refractivity contribution >= 4 is 10.0 Å². The van der Waals surface area contributed by atoms with Gasteiger partial charge in [0.05, 0.1) is 4.90 Å². The van der Waals surface area contributed by atoms with Crippen molar-refractivity contribution in [3.63, 3.8) is 0 Å². The Bertz CT molecular complexity index is 778. The van der Waals surface area contributed by atoms with Crippen LogP contribution >= 0.6 is 0 Å². The number of imidazole rings is 1. The van der Waals surface area contributed by atoms with Crippen molar-refractivity contribution in [2.75, 3.05) is 13.1 Å². The molecule has 7 heteroatoms. The molecular weight excluding hydrogens is 317 g/mol. The number of benzene rings is 1. The summed E-state index contributed by atoms with van der Waals surface area (Å²) in [6, 6.07) is 4.96. The summed E-state index contributed by atoms with van der Waals surface area (Å²) in [4.78, 5) is 4.49. The lowest BCUT2D eigenvalue weighted by Crippen LogP contribution is -2.51. The minimum atomic E-state index is -3.52. The van der Waals surface area contributed by atoms with Crippen molar-refractivity contribution in [3.05, 3.63) is 48.3 Å². The van der Waals surface area contributed by atoms with Crippen LogP contribution in [0.4, 0.5) is 4.39 Å². The molecule has 2 heterocycles. The molecule has 124 valence electrons. The number of nitrogens with zero attached hydrogens (tertiary/aromatic N) is 3. The van der Waals surface area contributed by atoms with E-state index in [4.69, 9.17) is 0 Å². The molecule has 0 aliphatic carbocycles. The van der Waals surface area contributed by atoms with Gasteiger partial charge in [-0.3, -0.25) is 0 Å². The average Bonchev–Trinajstić information content (AvgIpc) is 2.91. The first-order valence-corrected chi connectivity index (χ1v) is 9.08. The van der Waals surface area contributed by atoms with E-state index in [2.05, 4.69) is 23.4 Å². The third-order valence-electron chi connectivity index (χ3n) is 4.09. The molecule has 23 heavy (non-hydrogen) atoms. The lowest BCUT2D eigenvalue weighted by Gasteiger charge is -2.38. The van der Waals surface area contributed by atoms with Gasteiger partial charge in [-0.2, -0.15) is 4.31 Å². The SMILES string of the molecule is CC(C)c1nccn1CC1CN(S(=O)(=O)c2ccc(F)cc2)C1. The monoisotopic (exact) mass is 337 g/mol. The Balaban J connectivity index is 1.64. The summed E-state index contributed by atoms with van der Waals surface area (Å²) >= 11 is 0. The highest BCUT2D eigenvalue weighted by molar-refractivity contribution is 7.89. The van der Waals surface area contributed by atoms with E-state index in [0.29, 0.717) is 19.0 Å². The molecule has 0 unspecified atom stereocenters. The highest BCUT2D eigenvalue weighted by Gasteiger charge is 2.37. The largest absolute Gasteiger partial charge is 0.334 e. The Labute approximate surface area is 135 Å². The molecule has 5 nitrogen and oxygen atoms in total. The number of rotatable bonds is 5. The number of hydrogen-bond donors (Lipinski definition) is 0. The van der Waals surface area contributed by atoms with Gasteiger partial charge in [-0.1, -0.05) is 13.8 Å². The lowest BCUT2D eigenvalue weighted by atomic mass is 10.0. The van der Waals surface area contributed by atoms with Crippen LogP contribution in [0.15, 0.2) is 41.6 Å². The van der Waals surface area contributed by atoms with E-state index >= 15 is 0 Å². The zero-order valence-corrected chi connectivity index (χ0v) is 14.0. The zero-order chi connectivity index (χ0) is 16.6. The van der Waals surface area contributed by atoms with Crippen LogP contribution in [0.2, 0.25) is 0 Å². The third kappa shape index (κ3) is 3.16. The molecule has 1 aliphatic rings. The molecule has 1 aromatic carbocycles. The van der Waals surface area contributed by atoms with Crippen molar-refractivity contribution in [2.24, 2.45) is 5.92 Å². The van der Waals surface area contributed by atoms with Crippen molar-refractivity contribution in [1.29, 1.82) is 0 Å². The summed E-state index contributed by atoms with van der Waals surface area (Å²) in [7, 11) is -3.52. The first-order chi connectivity index (χ1) is 10.9. The topological polar surface area (TPSA) is 55.2 Å². The van der Waals surface area contributed by atoms with E-state index < -0.39 is 15.8 Å². The predicted molar refractivity (Wildman–Crippen MR) is 85.0 cm³/mol. The maximum absolute atomic E-state index is 12.9. The molecule has 0 N–H and O–H groups in total. The van der Waals surface area contributed by atoms with Crippen molar-refractivity contribution in [1.82, 2.24) is 13.9 Å². The fraction of sp³-hybridized carbons (Fsp3) is 0.438. The Morgan fingerprint density at radius 3 is 2.52 bits per heavy atom. The predicted octanol–water partition coefficient (Wildman–Crippen LogP) is 2.47. The van der Waals surface area contributed by atoms with Gasteiger partial charge in [-0.15, -0.1) is 0 Å². The van der Waals surface area contributed by atoms with E-state index in [-0.39, 0.29) is 10.8 Å². The van der Waals surface area contributed by atoms with Gasteiger partial charge in [0.1, 0.15) is 11.6 Å². The molecule has 0 bridgehead atoms. The van der Waals surface area contributed by atoms with Crippen LogP contribution in [-0.2, 0) is 16.6 Å². The molecule has 0 amide bonds. The van der Waals surface area contributed by atoms with Crippen molar-refractivity contribution in [2.45, 2.75) is 31.2 Å². The minimum Gasteiger partial charge on any atom is -0.334 e. The molecule has 1 saturated heterocycles. The maximum Gasteiger partial charge on any atom is 0.243 e. The van der Waals surface area contributed by atoms with Crippen molar-refractivity contribution < 1.29 is 12.8 Å². The summed E-state index contributed by atoms with van der Waals surface area (Å²) in [5.41, 5.74) is 0. The molecular formula is C16H20FN3O2S. The lowest BCUT2D eigenvalue weighted by molar-refractivity contribution is 0.178. The molecule has 1 fully saturated rings. The zero-order valence-electron chi connectivity index (χ0n) is 13.2. The van der Waals surface area contributed by atoms with Gasteiger partial charge in [0.25, 0.3) is 0 Å². The number of aromatic nitrogens is 2. The molecule has 3 rings (SSSR count). The van der Waals surface area contributed by atoms with E-state index in [1.54, 1.807) is 6.20 Å². The van der Waals surface area contributed by atoms with E-state index in [0.717, 1.165) is 12.4 Å². The van der Waals surface area contributed by atoms with Crippen LogP contribution in [-0.4, -0.2) is 35.4 Å². The van der Waals surface area contributed by atoms with E-state index in [1.165, 1.54) is 28.6 Å². The van der Waals surface area contributed by atoms with Crippen LogP contribution in [0.25, 0.3) is 0 Å². The Kier molecular flexibility index (Phi) is 4.25. The third-order valence-corrected chi connectivity index (χ3v) is 5.94. The fourth-order valence-corrected chi connectivity index (χ4v) is 4.44. The quantitative estimate of drug-likeness (QED) is 0.842. The van der Waals surface area contributed by atoms with Gasteiger partial charge < -0.3 is 4.57 Å². The molecule has 1 aliphatic heterocycles. The normalized spacial score (nSPS) is 16.7. The van der Waals surface area contributed by atoms with Crippen LogP contribution in [0.5, 0.6) is 0 Å². The fourth-order valence-electron chi connectivity index (χ4n) is 2.84. The average molecular weight is 337 g/mol. The Hall–Kier alpha value is -1.73. The second-order valence-electron chi connectivity index (χ2n) is 6.23. The van der Waals surface area contributed by atoms with Gasteiger partial charge in [0, 0.05) is 43.9 Å². The second-order valence-corrected chi connectivity index (χ2v) is 8.17. The van der Waals surface area contributed by atoms with E-state index in [9.17, 15) is 12.8 Å². The van der Waals surface area contributed by atoms with Gasteiger partial charge in [0.2, 0.25) is 10.0 Å². The summed E-state index contributed by atoms with van der Waals surface area (Å²) in [6.07, 6.45) is 3.72. The summed E-state index contributed by atoms with van der Waals surface area (Å²) in [5, 5.41) is 0. The maximum atomic E-state index is 12.9. The summed E-state index contributed by atoms with van der Waals surface area (Å²) in [6.45, 7) is 5.91. The molecule has 2 aromatic rings. The molecule has 0 atom stereocenters. The first-order valence-electron chi connectivity index (χ1n) is 7.64. The second kappa shape index (κ2) is 6.05.